The molecule has 1 saturated heterocycles. The highest BCUT2D eigenvalue weighted by molar-refractivity contribution is 5.83. The van der Waals surface area contributed by atoms with Crippen molar-refractivity contribution in [2.75, 3.05) is 46.9 Å². The molecule has 7 heteroatoms. The summed E-state index contributed by atoms with van der Waals surface area (Å²) in [5.41, 5.74) is 0. The highest BCUT2D eigenvalue weighted by Gasteiger charge is 2.33. The number of aliphatic carboxylic acids is 1. The predicted octanol–water partition coefficient (Wildman–Crippen LogP) is -0.177. The van der Waals surface area contributed by atoms with E-state index in [1.807, 2.05) is 11.9 Å². The Bertz CT molecular complexity index is 311. The average Bonchev–Trinajstić information content (AvgIpc) is 2.85. The summed E-state index contributed by atoms with van der Waals surface area (Å²) in [5.74, 6) is -0.926. The van der Waals surface area contributed by atoms with Crippen LogP contribution in [-0.2, 0) is 9.53 Å². The van der Waals surface area contributed by atoms with E-state index in [1.165, 1.54) is 4.90 Å². The smallest absolute Gasteiger partial charge is 0.326 e. The largest absolute Gasteiger partial charge is 0.480 e. The first-order valence-corrected chi connectivity index (χ1v) is 6.51. The molecule has 0 bridgehead atoms. The van der Waals surface area contributed by atoms with Gasteiger partial charge in [0, 0.05) is 33.3 Å². The molecule has 1 rings (SSSR count). The predicted molar refractivity (Wildman–Crippen MR) is 70.1 cm³/mol. The Hall–Kier alpha value is -1.34. The number of likely N-dealkylation sites (tertiary alicyclic amines) is 1. The van der Waals surface area contributed by atoms with Crippen LogP contribution in [0, 0.1) is 0 Å². The molecule has 1 aliphatic heterocycles. The molecule has 0 aromatic rings. The van der Waals surface area contributed by atoms with Crippen LogP contribution in [0.4, 0.5) is 4.79 Å². The fourth-order valence-electron chi connectivity index (χ4n) is 2.08. The van der Waals surface area contributed by atoms with E-state index in [0.29, 0.717) is 32.7 Å². The van der Waals surface area contributed by atoms with Crippen molar-refractivity contribution >= 4 is 12.0 Å². The average molecular weight is 273 g/mol. The van der Waals surface area contributed by atoms with Crippen molar-refractivity contribution in [2.24, 2.45) is 0 Å². The fraction of sp³-hybridized carbons (Fsp3) is 0.833. The summed E-state index contributed by atoms with van der Waals surface area (Å²) in [4.78, 5) is 26.3. The SMILES string of the molecule is COCCN(C)CCNC(=O)N1CCC[C@H]1C(=O)O. The first-order valence-electron chi connectivity index (χ1n) is 6.51. The number of carbonyl (C=O) groups excluding carboxylic acids is 1. The molecule has 1 heterocycles. The molecule has 2 N–H and O–H groups in total. The molecule has 2 amide bonds. The lowest BCUT2D eigenvalue weighted by molar-refractivity contribution is -0.141. The number of rotatable bonds is 7. The molecule has 0 aliphatic carbocycles. The van der Waals surface area contributed by atoms with Crippen molar-refractivity contribution < 1.29 is 19.4 Å². The van der Waals surface area contributed by atoms with Crippen LogP contribution in [0.15, 0.2) is 0 Å². The van der Waals surface area contributed by atoms with Crippen molar-refractivity contribution in [1.82, 2.24) is 15.1 Å². The third kappa shape index (κ3) is 5.04. The van der Waals surface area contributed by atoms with Gasteiger partial charge in [0.15, 0.2) is 0 Å². The Morgan fingerprint density at radius 3 is 2.84 bits per heavy atom. The second-order valence-electron chi connectivity index (χ2n) is 4.72. The minimum absolute atomic E-state index is 0.287. The number of ether oxygens (including phenoxy) is 1. The summed E-state index contributed by atoms with van der Waals surface area (Å²) in [6.45, 7) is 3.18. The first-order chi connectivity index (χ1) is 9.06. The number of carbonyl (C=O) groups is 2. The van der Waals surface area contributed by atoms with Crippen LogP contribution in [0.1, 0.15) is 12.8 Å². The molecule has 1 fully saturated rings. The maximum absolute atomic E-state index is 11.9. The molecular formula is C12H23N3O4. The maximum atomic E-state index is 11.9. The lowest BCUT2D eigenvalue weighted by Crippen LogP contribution is -2.47. The van der Waals surface area contributed by atoms with E-state index in [9.17, 15) is 9.59 Å². The van der Waals surface area contributed by atoms with Crippen LogP contribution >= 0.6 is 0 Å². The monoisotopic (exact) mass is 273 g/mol. The minimum atomic E-state index is -0.926. The molecule has 0 saturated carbocycles. The van der Waals surface area contributed by atoms with Gasteiger partial charge in [-0.2, -0.15) is 0 Å². The summed E-state index contributed by atoms with van der Waals surface area (Å²) in [5, 5.41) is 11.8. The molecule has 0 unspecified atom stereocenters. The van der Waals surface area contributed by atoms with Crippen LogP contribution in [0.3, 0.4) is 0 Å². The van der Waals surface area contributed by atoms with Crippen LogP contribution < -0.4 is 5.32 Å². The van der Waals surface area contributed by atoms with Crippen LogP contribution in [0.2, 0.25) is 0 Å². The van der Waals surface area contributed by atoms with E-state index >= 15 is 0 Å². The zero-order valence-corrected chi connectivity index (χ0v) is 11.6. The highest BCUT2D eigenvalue weighted by atomic mass is 16.5. The Kier molecular flexibility index (Phi) is 6.58. The van der Waals surface area contributed by atoms with Crippen molar-refractivity contribution in [1.29, 1.82) is 0 Å². The lowest BCUT2D eigenvalue weighted by atomic mass is 10.2. The number of hydrogen-bond acceptors (Lipinski definition) is 4. The van der Waals surface area contributed by atoms with Gasteiger partial charge in [0.05, 0.1) is 6.61 Å². The summed E-state index contributed by atoms with van der Waals surface area (Å²) >= 11 is 0. The quantitative estimate of drug-likeness (QED) is 0.672. The molecule has 1 aliphatic rings. The third-order valence-electron chi connectivity index (χ3n) is 3.25. The molecule has 0 radical (unpaired) electrons. The molecule has 7 nitrogen and oxygen atoms in total. The van der Waals surface area contributed by atoms with Crippen molar-refractivity contribution in [2.45, 2.75) is 18.9 Å². The summed E-state index contributed by atoms with van der Waals surface area (Å²) in [7, 11) is 3.59. The second kappa shape index (κ2) is 7.96. The number of likely N-dealkylation sites (N-methyl/N-ethyl adjacent to an activating group) is 1. The number of carboxylic acids is 1. The summed E-state index contributed by atoms with van der Waals surface area (Å²) < 4.78 is 4.96. The van der Waals surface area contributed by atoms with Gasteiger partial charge in [-0.25, -0.2) is 9.59 Å². The number of amides is 2. The number of carboxylic acid groups (broad SMARTS) is 1. The molecule has 0 aromatic heterocycles. The zero-order valence-electron chi connectivity index (χ0n) is 11.6. The Labute approximate surface area is 113 Å². The van der Waals surface area contributed by atoms with E-state index < -0.39 is 12.0 Å². The van der Waals surface area contributed by atoms with Gasteiger partial charge in [-0.3, -0.25) is 0 Å². The number of methoxy groups -OCH3 is 1. The van der Waals surface area contributed by atoms with Gasteiger partial charge in [-0.1, -0.05) is 0 Å². The normalized spacial score (nSPS) is 18.9. The van der Waals surface area contributed by atoms with E-state index in [4.69, 9.17) is 9.84 Å². The molecule has 0 aromatic carbocycles. The van der Waals surface area contributed by atoms with Crippen molar-refractivity contribution in [3.63, 3.8) is 0 Å². The van der Waals surface area contributed by atoms with Crippen LogP contribution in [-0.4, -0.2) is 79.9 Å². The van der Waals surface area contributed by atoms with Crippen molar-refractivity contribution in [3.05, 3.63) is 0 Å². The summed E-state index contributed by atoms with van der Waals surface area (Å²) in [6, 6.07) is -0.962. The number of urea groups is 1. The second-order valence-corrected chi connectivity index (χ2v) is 4.72. The maximum Gasteiger partial charge on any atom is 0.326 e. The number of nitrogens with one attached hydrogen (secondary N) is 1. The topological polar surface area (TPSA) is 82.1 Å². The van der Waals surface area contributed by atoms with Crippen molar-refractivity contribution in [3.8, 4) is 0 Å². The standard InChI is InChI=1S/C12H23N3O4/c1-14(8-9-19-2)7-5-13-12(18)15-6-3-4-10(15)11(16)17/h10H,3-9H2,1-2H3,(H,13,18)(H,16,17)/t10-/m0/s1. The summed E-state index contributed by atoms with van der Waals surface area (Å²) in [6.07, 6.45) is 1.29. The number of hydrogen-bond donors (Lipinski definition) is 2. The third-order valence-corrected chi connectivity index (χ3v) is 3.25. The van der Waals surface area contributed by atoms with Gasteiger partial charge in [-0.05, 0) is 19.9 Å². The van der Waals surface area contributed by atoms with E-state index in [1.54, 1.807) is 7.11 Å². The Morgan fingerprint density at radius 2 is 2.21 bits per heavy atom. The van der Waals surface area contributed by atoms with Gasteiger partial charge < -0.3 is 25.0 Å². The lowest BCUT2D eigenvalue weighted by Gasteiger charge is -2.23. The molecule has 19 heavy (non-hydrogen) atoms. The van der Waals surface area contributed by atoms with E-state index in [-0.39, 0.29) is 6.03 Å². The molecule has 0 spiro atoms. The zero-order chi connectivity index (χ0) is 14.3. The molecule has 110 valence electrons. The van der Waals surface area contributed by atoms with Gasteiger partial charge in [0.25, 0.3) is 0 Å². The van der Waals surface area contributed by atoms with Crippen LogP contribution in [0.5, 0.6) is 0 Å². The molecular weight excluding hydrogens is 250 g/mol. The first kappa shape index (κ1) is 15.7. The van der Waals surface area contributed by atoms with E-state index in [2.05, 4.69) is 5.32 Å². The minimum Gasteiger partial charge on any atom is -0.480 e. The highest BCUT2D eigenvalue weighted by Crippen LogP contribution is 2.16. The van der Waals surface area contributed by atoms with E-state index in [0.717, 1.165) is 13.0 Å². The molecule has 1 atom stereocenters. The fourth-order valence-corrected chi connectivity index (χ4v) is 2.08. The Morgan fingerprint density at radius 1 is 1.47 bits per heavy atom. The Balaban J connectivity index is 2.25. The van der Waals surface area contributed by atoms with Gasteiger partial charge in [0.1, 0.15) is 6.04 Å². The van der Waals surface area contributed by atoms with Gasteiger partial charge in [0.2, 0.25) is 0 Å². The van der Waals surface area contributed by atoms with Gasteiger partial charge in [-0.15, -0.1) is 0 Å². The van der Waals surface area contributed by atoms with Crippen LogP contribution in [0.25, 0.3) is 0 Å². The van der Waals surface area contributed by atoms with Gasteiger partial charge >= 0.3 is 12.0 Å². The number of nitrogens with zero attached hydrogens (tertiary/aromatic N) is 2.